The number of halogens is 2. The van der Waals surface area contributed by atoms with E-state index in [0.29, 0.717) is 5.41 Å². The van der Waals surface area contributed by atoms with E-state index in [9.17, 15) is 0 Å². The van der Waals surface area contributed by atoms with E-state index < -0.39 is 0 Å². The molecule has 0 bridgehead atoms. The zero-order valence-corrected chi connectivity index (χ0v) is 11.7. The van der Waals surface area contributed by atoms with Crippen molar-refractivity contribution < 1.29 is 4.74 Å². The van der Waals surface area contributed by atoms with Crippen LogP contribution in [0.3, 0.4) is 0 Å². The molecule has 1 nitrogen and oxygen atoms in total. The maximum atomic E-state index is 5.81. The topological polar surface area (TPSA) is 9.23 Å². The van der Waals surface area contributed by atoms with Crippen molar-refractivity contribution in [3.63, 3.8) is 0 Å². The summed E-state index contributed by atoms with van der Waals surface area (Å²) >= 11 is 6.99. The van der Waals surface area contributed by atoms with E-state index in [2.05, 4.69) is 31.9 Å². The second kappa shape index (κ2) is 4.88. The molecule has 1 fully saturated rings. The van der Waals surface area contributed by atoms with Crippen molar-refractivity contribution in [2.45, 2.75) is 19.3 Å². The number of hydrogen-bond donors (Lipinski definition) is 0. The molecular weight excluding hydrogens is 320 g/mol. The maximum Gasteiger partial charge on any atom is 0.119 e. The van der Waals surface area contributed by atoms with Crippen LogP contribution in [0.5, 0.6) is 5.75 Å². The van der Waals surface area contributed by atoms with Gasteiger partial charge in [-0.05, 0) is 37.1 Å². The smallest absolute Gasteiger partial charge is 0.119 e. The fraction of sp³-hybridized carbons (Fsp3) is 0.500. The highest BCUT2D eigenvalue weighted by Crippen LogP contribution is 2.42. The lowest BCUT2D eigenvalue weighted by molar-refractivity contribution is 0.0838. The number of ether oxygens (including phenoxy) is 1. The first-order chi connectivity index (χ1) is 7.24. The predicted octanol–water partition coefficient (Wildman–Crippen LogP) is 4.39. The molecule has 0 aromatic heterocycles. The highest BCUT2D eigenvalue weighted by atomic mass is 79.9. The van der Waals surface area contributed by atoms with Crippen LogP contribution in [0.4, 0.5) is 0 Å². The second-order valence-corrected chi connectivity index (χ2v) is 5.71. The largest absolute Gasteiger partial charge is 0.493 e. The highest BCUT2D eigenvalue weighted by molar-refractivity contribution is 9.10. The number of rotatable bonds is 4. The third kappa shape index (κ3) is 2.76. The van der Waals surface area contributed by atoms with Crippen LogP contribution in [-0.2, 0) is 0 Å². The van der Waals surface area contributed by atoms with E-state index in [1.807, 2.05) is 24.3 Å². The van der Waals surface area contributed by atoms with Crippen molar-refractivity contribution in [3.8, 4) is 5.75 Å². The lowest BCUT2D eigenvalue weighted by Crippen LogP contribution is -2.37. The quantitative estimate of drug-likeness (QED) is 0.742. The summed E-state index contributed by atoms with van der Waals surface area (Å²) in [5.41, 5.74) is 0.396. The monoisotopic (exact) mass is 332 g/mol. The molecule has 1 saturated carbocycles. The van der Waals surface area contributed by atoms with Gasteiger partial charge in [0.05, 0.1) is 6.61 Å². The molecule has 0 radical (unpaired) electrons. The summed E-state index contributed by atoms with van der Waals surface area (Å²) in [4.78, 5) is 0. The van der Waals surface area contributed by atoms with E-state index in [-0.39, 0.29) is 0 Å². The molecule has 1 aromatic carbocycles. The lowest BCUT2D eigenvalue weighted by atomic mass is 9.71. The van der Waals surface area contributed by atoms with Gasteiger partial charge in [0.15, 0.2) is 0 Å². The van der Waals surface area contributed by atoms with Gasteiger partial charge in [0.2, 0.25) is 0 Å². The third-order valence-corrected chi connectivity index (χ3v) is 4.77. The SMILES string of the molecule is BrCC1(COc2ccc(Br)cc2)CCC1. The van der Waals surface area contributed by atoms with Gasteiger partial charge < -0.3 is 4.74 Å². The molecule has 1 aromatic rings. The average molecular weight is 334 g/mol. The molecule has 0 saturated heterocycles. The summed E-state index contributed by atoms with van der Waals surface area (Å²) in [5.74, 6) is 0.963. The van der Waals surface area contributed by atoms with Gasteiger partial charge in [0.1, 0.15) is 5.75 Å². The van der Waals surface area contributed by atoms with Crippen molar-refractivity contribution in [1.29, 1.82) is 0 Å². The van der Waals surface area contributed by atoms with Gasteiger partial charge in [-0.2, -0.15) is 0 Å². The van der Waals surface area contributed by atoms with Gasteiger partial charge >= 0.3 is 0 Å². The predicted molar refractivity (Wildman–Crippen MR) is 69.7 cm³/mol. The van der Waals surface area contributed by atoms with Gasteiger partial charge in [-0.1, -0.05) is 38.3 Å². The molecule has 15 heavy (non-hydrogen) atoms. The summed E-state index contributed by atoms with van der Waals surface area (Å²) in [6, 6.07) is 8.03. The van der Waals surface area contributed by atoms with Crippen molar-refractivity contribution in [1.82, 2.24) is 0 Å². The Balaban J connectivity index is 1.90. The van der Waals surface area contributed by atoms with Gasteiger partial charge in [-0.15, -0.1) is 0 Å². The Hall–Kier alpha value is -0.0200. The van der Waals surface area contributed by atoms with E-state index >= 15 is 0 Å². The van der Waals surface area contributed by atoms with Crippen LogP contribution in [0.2, 0.25) is 0 Å². The number of hydrogen-bond acceptors (Lipinski definition) is 1. The molecule has 1 aliphatic rings. The van der Waals surface area contributed by atoms with Gasteiger partial charge in [0, 0.05) is 15.2 Å². The fourth-order valence-corrected chi connectivity index (χ4v) is 2.75. The molecule has 2 rings (SSSR count). The average Bonchev–Trinajstić information content (AvgIpc) is 2.20. The molecule has 0 N–H and O–H groups in total. The van der Waals surface area contributed by atoms with Gasteiger partial charge in [-0.25, -0.2) is 0 Å². The van der Waals surface area contributed by atoms with Crippen LogP contribution in [0.1, 0.15) is 19.3 Å². The van der Waals surface area contributed by atoms with Gasteiger partial charge in [0.25, 0.3) is 0 Å². The molecule has 3 heteroatoms. The summed E-state index contributed by atoms with van der Waals surface area (Å²) in [7, 11) is 0. The van der Waals surface area contributed by atoms with Crippen LogP contribution < -0.4 is 4.74 Å². The van der Waals surface area contributed by atoms with Crippen molar-refractivity contribution >= 4 is 31.9 Å². The number of benzene rings is 1. The van der Waals surface area contributed by atoms with Gasteiger partial charge in [-0.3, -0.25) is 0 Å². The Morgan fingerprint density at radius 3 is 2.33 bits per heavy atom. The molecular formula is C12H14Br2O. The summed E-state index contributed by atoms with van der Waals surface area (Å²) in [5, 5.41) is 1.05. The lowest BCUT2D eigenvalue weighted by Gasteiger charge is -2.39. The maximum absolute atomic E-state index is 5.81. The van der Waals surface area contributed by atoms with Crippen LogP contribution >= 0.6 is 31.9 Å². The first-order valence-electron chi connectivity index (χ1n) is 5.18. The minimum atomic E-state index is 0.396. The standard InChI is InChI=1S/C12H14Br2O/c13-8-12(6-1-7-12)9-15-11-4-2-10(14)3-5-11/h2-5H,1,6-9H2. The minimum absolute atomic E-state index is 0.396. The highest BCUT2D eigenvalue weighted by Gasteiger charge is 2.36. The Morgan fingerprint density at radius 1 is 1.20 bits per heavy atom. The van der Waals surface area contributed by atoms with Crippen molar-refractivity contribution in [3.05, 3.63) is 28.7 Å². The normalized spacial score (nSPS) is 18.3. The third-order valence-electron chi connectivity index (χ3n) is 3.06. The van der Waals surface area contributed by atoms with Crippen LogP contribution in [0.15, 0.2) is 28.7 Å². The van der Waals surface area contributed by atoms with Crippen molar-refractivity contribution in [2.75, 3.05) is 11.9 Å². The molecule has 0 atom stereocenters. The Morgan fingerprint density at radius 2 is 1.87 bits per heavy atom. The summed E-state index contributed by atoms with van der Waals surface area (Å²) in [6.45, 7) is 0.833. The minimum Gasteiger partial charge on any atom is -0.493 e. The second-order valence-electron chi connectivity index (χ2n) is 4.23. The molecule has 0 heterocycles. The Bertz CT molecular complexity index is 311. The fourth-order valence-electron chi connectivity index (χ4n) is 1.76. The molecule has 0 unspecified atom stereocenters. The van der Waals surface area contributed by atoms with E-state index in [4.69, 9.17) is 4.74 Å². The molecule has 0 aliphatic heterocycles. The molecule has 1 aliphatic carbocycles. The zero-order chi connectivity index (χ0) is 10.7. The van der Waals surface area contributed by atoms with Crippen LogP contribution in [0.25, 0.3) is 0 Å². The van der Waals surface area contributed by atoms with Crippen LogP contribution in [0, 0.1) is 5.41 Å². The molecule has 0 spiro atoms. The summed E-state index contributed by atoms with van der Waals surface area (Å²) in [6.07, 6.45) is 3.92. The zero-order valence-electron chi connectivity index (χ0n) is 8.51. The number of alkyl halides is 1. The Kier molecular flexibility index (Phi) is 3.73. The summed E-state index contributed by atoms with van der Waals surface area (Å²) < 4.78 is 6.90. The molecule has 82 valence electrons. The van der Waals surface area contributed by atoms with E-state index in [1.165, 1.54) is 19.3 Å². The van der Waals surface area contributed by atoms with E-state index in [1.54, 1.807) is 0 Å². The van der Waals surface area contributed by atoms with Crippen molar-refractivity contribution in [2.24, 2.45) is 5.41 Å². The molecule has 0 amide bonds. The Labute approximate surface area is 107 Å². The van der Waals surface area contributed by atoms with Crippen LogP contribution in [-0.4, -0.2) is 11.9 Å². The van der Waals surface area contributed by atoms with E-state index in [0.717, 1.165) is 22.2 Å². The first-order valence-corrected chi connectivity index (χ1v) is 7.10. The first kappa shape index (κ1) is 11.5.